The van der Waals surface area contributed by atoms with Crippen LogP contribution in [0.5, 0.6) is 0 Å². The Morgan fingerprint density at radius 2 is 1.95 bits per heavy atom. The Bertz CT molecular complexity index is 763. The third-order valence-corrected chi connectivity index (χ3v) is 3.19. The summed E-state index contributed by atoms with van der Waals surface area (Å²) in [5.74, 6) is -3.05. The molecule has 0 aliphatic heterocycles. The predicted molar refractivity (Wildman–Crippen MR) is 63.4 cm³/mol. The lowest BCUT2D eigenvalue weighted by molar-refractivity contribution is 0.0694. The summed E-state index contributed by atoms with van der Waals surface area (Å²) in [5.41, 5.74) is -1.24. The van der Waals surface area contributed by atoms with Gasteiger partial charge in [-0.1, -0.05) is 0 Å². The number of aromatic nitrogens is 1. The van der Waals surface area contributed by atoms with Crippen LogP contribution in [-0.4, -0.2) is 15.6 Å². The van der Waals surface area contributed by atoms with E-state index in [1.54, 1.807) is 0 Å². The van der Waals surface area contributed by atoms with E-state index in [4.69, 9.17) is 5.11 Å². The number of hydrogen-bond donors (Lipinski definition) is 1. The molecule has 6 heteroatoms. The van der Waals surface area contributed by atoms with E-state index in [9.17, 15) is 18.4 Å². The number of rotatable bonds is 2. The lowest BCUT2D eigenvalue weighted by Crippen LogP contribution is -2.26. The van der Waals surface area contributed by atoms with E-state index in [1.807, 2.05) is 0 Å². The quantitative estimate of drug-likeness (QED) is 0.906. The van der Waals surface area contributed by atoms with Gasteiger partial charge >= 0.3 is 5.97 Å². The number of carboxylic acid groups (broad SMARTS) is 1. The number of carboxylic acids is 1. The molecule has 2 aromatic rings. The Labute approximate surface area is 105 Å². The summed E-state index contributed by atoms with van der Waals surface area (Å²) in [6, 6.07) is 2.55. The second-order valence-electron chi connectivity index (χ2n) is 4.59. The van der Waals surface area contributed by atoms with Crippen molar-refractivity contribution in [3.63, 3.8) is 0 Å². The standard InChI is InChI=1S/C13H9F2NO3/c14-7-3-6-4-9(13(18)19)12(17)16(8-1-2-8)11(6)10(15)5-7/h3-5,8H,1-2H2,(H,18,19). The molecule has 98 valence electrons. The van der Waals surface area contributed by atoms with Crippen LogP contribution in [0.15, 0.2) is 23.0 Å². The van der Waals surface area contributed by atoms with Crippen LogP contribution < -0.4 is 5.56 Å². The van der Waals surface area contributed by atoms with Gasteiger partial charge in [-0.2, -0.15) is 0 Å². The summed E-state index contributed by atoms with van der Waals surface area (Å²) in [7, 11) is 0. The number of benzene rings is 1. The summed E-state index contributed by atoms with van der Waals surface area (Å²) >= 11 is 0. The molecule has 1 aromatic carbocycles. The molecule has 0 saturated heterocycles. The number of carbonyl (C=O) groups is 1. The van der Waals surface area contributed by atoms with E-state index in [0.717, 1.165) is 16.7 Å². The molecule has 1 N–H and O–H groups in total. The lowest BCUT2D eigenvalue weighted by Gasteiger charge is -2.11. The Kier molecular flexibility index (Phi) is 2.41. The Morgan fingerprint density at radius 1 is 1.26 bits per heavy atom. The van der Waals surface area contributed by atoms with Crippen molar-refractivity contribution in [1.82, 2.24) is 4.57 Å². The summed E-state index contributed by atoms with van der Waals surface area (Å²) < 4.78 is 28.2. The number of nitrogens with zero attached hydrogens (tertiary/aromatic N) is 1. The van der Waals surface area contributed by atoms with Crippen molar-refractivity contribution in [2.45, 2.75) is 18.9 Å². The number of fused-ring (bicyclic) bond motifs is 1. The van der Waals surface area contributed by atoms with E-state index in [-0.39, 0.29) is 16.9 Å². The van der Waals surface area contributed by atoms with Gasteiger partial charge in [0, 0.05) is 17.5 Å². The summed E-state index contributed by atoms with van der Waals surface area (Å²) in [5, 5.41) is 9.07. The number of hydrogen-bond acceptors (Lipinski definition) is 2. The van der Waals surface area contributed by atoms with Crippen molar-refractivity contribution in [2.24, 2.45) is 0 Å². The minimum Gasteiger partial charge on any atom is -0.477 e. The third-order valence-electron chi connectivity index (χ3n) is 3.19. The maximum Gasteiger partial charge on any atom is 0.341 e. The average Bonchev–Trinajstić information content (AvgIpc) is 3.12. The smallest absolute Gasteiger partial charge is 0.341 e. The fraction of sp³-hybridized carbons (Fsp3) is 0.231. The van der Waals surface area contributed by atoms with Gasteiger partial charge in [-0.25, -0.2) is 13.6 Å². The maximum absolute atomic E-state index is 13.9. The molecule has 1 aliphatic rings. The average molecular weight is 265 g/mol. The predicted octanol–water partition coefficient (Wildman–Crippen LogP) is 2.31. The van der Waals surface area contributed by atoms with Crippen molar-refractivity contribution in [3.05, 3.63) is 45.8 Å². The number of pyridine rings is 1. The highest BCUT2D eigenvalue weighted by atomic mass is 19.1. The molecule has 1 heterocycles. The first-order chi connectivity index (χ1) is 8.99. The van der Waals surface area contributed by atoms with Crippen LogP contribution >= 0.6 is 0 Å². The minimum absolute atomic E-state index is 0.0288. The molecule has 0 bridgehead atoms. The zero-order valence-electron chi connectivity index (χ0n) is 9.69. The second-order valence-corrected chi connectivity index (χ2v) is 4.59. The van der Waals surface area contributed by atoms with Crippen molar-refractivity contribution in [3.8, 4) is 0 Å². The van der Waals surface area contributed by atoms with Gasteiger partial charge in [0.15, 0.2) is 0 Å². The molecular weight excluding hydrogens is 256 g/mol. The van der Waals surface area contributed by atoms with Crippen LogP contribution in [0, 0.1) is 11.6 Å². The van der Waals surface area contributed by atoms with E-state index in [1.165, 1.54) is 0 Å². The molecule has 1 aromatic heterocycles. The first kappa shape index (κ1) is 11.8. The van der Waals surface area contributed by atoms with E-state index < -0.39 is 28.7 Å². The molecule has 1 saturated carbocycles. The van der Waals surface area contributed by atoms with Gasteiger partial charge < -0.3 is 9.67 Å². The highest BCUT2D eigenvalue weighted by Crippen LogP contribution is 2.36. The van der Waals surface area contributed by atoms with Crippen LogP contribution in [-0.2, 0) is 0 Å². The molecule has 1 fully saturated rings. The van der Waals surface area contributed by atoms with Crippen LogP contribution in [0.4, 0.5) is 8.78 Å². The van der Waals surface area contributed by atoms with Gasteiger partial charge in [-0.15, -0.1) is 0 Å². The van der Waals surface area contributed by atoms with Crippen LogP contribution in [0.1, 0.15) is 29.2 Å². The molecule has 0 radical (unpaired) electrons. The Balaban J connectivity index is 2.49. The molecule has 1 aliphatic carbocycles. The topological polar surface area (TPSA) is 59.3 Å². The fourth-order valence-corrected chi connectivity index (χ4v) is 2.23. The first-order valence-electron chi connectivity index (χ1n) is 5.76. The number of aromatic carboxylic acids is 1. The highest BCUT2D eigenvalue weighted by molar-refractivity contribution is 5.92. The molecule has 0 spiro atoms. The molecule has 0 atom stereocenters. The maximum atomic E-state index is 13.9. The van der Waals surface area contributed by atoms with Crippen LogP contribution in [0.3, 0.4) is 0 Å². The Morgan fingerprint density at radius 3 is 2.53 bits per heavy atom. The molecule has 19 heavy (non-hydrogen) atoms. The van der Waals surface area contributed by atoms with Gasteiger partial charge in [0.2, 0.25) is 0 Å². The summed E-state index contributed by atoms with van der Waals surface area (Å²) in [4.78, 5) is 23.1. The van der Waals surface area contributed by atoms with E-state index >= 15 is 0 Å². The van der Waals surface area contributed by atoms with Crippen molar-refractivity contribution < 1.29 is 18.7 Å². The van der Waals surface area contributed by atoms with Gasteiger partial charge in [0.25, 0.3) is 5.56 Å². The first-order valence-corrected chi connectivity index (χ1v) is 5.76. The molecule has 0 unspecified atom stereocenters. The number of halogens is 2. The van der Waals surface area contributed by atoms with E-state index in [2.05, 4.69) is 0 Å². The normalized spacial score (nSPS) is 14.8. The second kappa shape index (κ2) is 3.88. The van der Waals surface area contributed by atoms with Crippen LogP contribution in [0.2, 0.25) is 0 Å². The van der Waals surface area contributed by atoms with Crippen molar-refractivity contribution in [2.75, 3.05) is 0 Å². The van der Waals surface area contributed by atoms with E-state index in [0.29, 0.717) is 18.9 Å². The third kappa shape index (κ3) is 1.80. The van der Waals surface area contributed by atoms with Gasteiger partial charge in [-0.3, -0.25) is 4.79 Å². The van der Waals surface area contributed by atoms with Crippen molar-refractivity contribution in [1.29, 1.82) is 0 Å². The minimum atomic E-state index is -1.40. The zero-order chi connectivity index (χ0) is 13.7. The van der Waals surface area contributed by atoms with Gasteiger partial charge in [0.05, 0.1) is 5.52 Å². The van der Waals surface area contributed by atoms with Gasteiger partial charge in [0.1, 0.15) is 17.2 Å². The summed E-state index contributed by atoms with van der Waals surface area (Å²) in [6.07, 6.45) is 1.38. The largest absolute Gasteiger partial charge is 0.477 e. The van der Waals surface area contributed by atoms with Crippen molar-refractivity contribution >= 4 is 16.9 Å². The van der Waals surface area contributed by atoms with Gasteiger partial charge in [-0.05, 0) is 25.0 Å². The van der Waals surface area contributed by atoms with Crippen LogP contribution in [0.25, 0.3) is 10.9 Å². The highest BCUT2D eigenvalue weighted by Gasteiger charge is 2.29. The summed E-state index contributed by atoms with van der Waals surface area (Å²) in [6.45, 7) is 0. The lowest BCUT2D eigenvalue weighted by atomic mass is 10.1. The molecular formula is C13H9F2NO3. The fourth-order valence-electron chi connectivity index (χ4n) is 2.23. The Hall–Kier alpha value is -2.24. The molecule has 3 rings (SSSR count). The molecule has 4 nitrogen and oxygen atoms in total. The SMILES string of the molecule is O=C(O)c1cc2cc(F)cc(F)c2n(C2CC2)c1=O. The zero-order valence-corrected chi connectivity index (χ0v) is 9.69. The monoisotopic (exact) mass is 265 g/mol. The molecule has 0 amide bonds.